The summed E-state index contributed by atoms with van der Waals surface area (Å²) in [6, 6.07) is 8.82. The van der Waals surface area contributed by atoms with E-state index in [4.69, 9.17) is 33.2 Å². The summed E-state index contributed by atoms with van der Waals surface area (Å²) in [6.07, 6.45) is 0.588. The average molecular weight is 501 g/mol. The molecule has 2 aromatic carbocycles. The lowest BCUT2D eigenvalue weighted by Crippen LogP contribution is -2.49. The van der Waals surface area contributed by atoms with Crippen molar-refractivity contribution in [2.75, 3.05) is 54.1 Å². The van der Waals surface area contributed by atoms with E-state index in [2.05, 4.69) is 15.6 Å². The first-order chi connectivity index (χ1) is 17.5. The fourth-order valence-corrected chi connectivity index (χ4v) is 3.77. The number of rotatable bonds is 10. The molecular formula is C24H28N4O8. The highest BCUT2D eigenvalue weighted by molar-refractivity contribution is 5.88. The highest BCUT2D eigenvalue weighted by atomic mass is 16.6. The van der Waals surface area contributed by atoms with Crippen LogP contribution in [-0.2, 0) is 14.2 Å². The number of hydrogen-bond donors (Lipinski definition) is 1. The van der Waals surface area contributed by atoms with E-state index in [9.17, 15) is 4.79 Å². The van der Waals surface area contributed by atoms with Crippen molar-refractivity contribution in [3.8, 4) is 39.9 Å². The van der Waals surface area contributed by atoms with Crippen molar-refractivity contribution in [1.29, 1.82) is 0 Å². The summed E-state index contributed by atoms with van der Waals surface area (Å²) in [5.74, 6) is 1.86. The van der Waals surface area contributed by atoms with Crippen LogP contribution in [0.25, 0.3) is 16.9 Å². The zero-order valence-corrected chi connectivity index (χ0v) is 20.6. The SMILES string of the molecule is COc1ccc(-c2cnnn2-c2cc(OC)c(OC)c(OC)c2)cc1NC(=O)OCC1OCC1OC. The summed E-state index contributed by atoms with van der Waals surface area (Å²) in [5, 5.41) is 11.0. The van der Waals surface area contributed by atoms with Crippen LogP contribution in [0.15, 0.2) is 36.5 Å². The molecule has 36 heavy (non-hydrogen) atoms. The van der Waals surface area contributed by atoms with Crippen LogP contribution in [0.4, 0.5) is 10.5 Å². The number of ether oxygens (including phenoxy) is 7. The molecular weight excluding hydrogens is 472 g/mol. The number of benzene rings is 2. The van der Waals surface area contributed by atoms with Crippen LogP contribution in [0.5, 0.6) is 23.0 Å². The molecule has 0 bridgehead atoms. The van der Waals surface area contributed by atoms with Gasteiger partial charge >= 0.3 is 6.09 Å². The summed E-state index contributed by atoms with van der Waals surface area (Å²) in [4.78, 5) is 12.5. The fourth-order valence-electron chi connectivity index (χ4n) is 3.77. The van der Waals surface area contributed by atoms with Gasteiger partial charge in [-0.25, -0.2) is 9.48 Å². The largest absolute Gasteiger partial charge is 0.495 e. The molecule has 12 heteroatoms. The van der Waals surface area contributed by atoms with Crippen LogP contribution in [-0.4, -0.2) is 82.1 Å². The summed E-state index contributed by atoms with van der Waals surface area (Å²) in [6.45, 7) is 0.555. The van der Waals surface area contributed by atoms with Crippen molar-refractivity contribution >= 4 is 11.8 Å². The number of anilines is 1. The molecule has 1 amide bonds. The van der Waals surface area contributed by atoms with Crippen LogP contribution < -0.4 is 24.3 Å². The number of nitrogens with one attached hydrogen (secondary N) is 1. The second-order valence-corrected chi connectivity index (χ2v) is 7.70. The Balaban J connectivity index is 1.60. The van der Waals surface area contributed by atoms with E-state index in [1.807, 2.05) is 6.07 Å². The van der Waals surface area contributed by atoms with Crippen molar-refractivity contribution in [3.63, 3.8) is 0 Å². The molecule has 1 fully saturated rings. The van der Waals surface area contributed by atoms with Crippen molar-refractivity contribution in [3.05, 3.63) is 36.5 Å². The predicted molar refractivity (Wildman–Crippen MR) is 129 cm³/mol. The Kier molecular flexibility index (Phi) is 7.76. The maximum absolute atomic E-state index is 12.5. The molecule has 0 radical (unpaired) electrons. The third kappa shape index (κ3) is 4.99. The van der Waals surface area contributed by atoms with Gasteiger partial charge in [0.1, 0.15) is 24.6 Å². The van der Waals surface area contributed by atoms with Gasteiger partial charge in [-0.15, -0.1) is 5.10 Å². The van der Waals surface area contributed by atoms with Gasteiger partial charge in [-0.3, -0.25) is 5.32 Å². The first-order valence-electron chi connectivity index (χ1n) is 11.0. The Morgan fingerprint density at radius 2 is 1.75 bits per heavy atom. The number of methoxy groups -OCH3 is 5. The molecule has 0 spiro atoms. The van der Waals surface area contributed by atoms with Gasteiger partial charge in [0.25, 0.3) is 0 Å². The topological polar surface area (TPSA) is 124 Å². The van der Waals surface area contributed by atoms with Crippen molar-refractivity contribution in [2.24, 2.45) is 0 Å². The Hall–Kier alpha value is -4.03. The lowest BCUT2D eigenvalue weighted by atomic mass is 10.1. The van der Waals surface area contributed by atoms with E-state index in [0.717, 1.165) is 0 Å². The number of nitrogens with zero attached hydrogens (tertiary/aromatic N) is 3. The van der Waals surface area contributed by atoms with Gasteiger partial charge in [0.05, 0.1) is 58.3 Å². The maximum Gasteiger partial charge on any atom is 0.411 e. The second-order valence-electron chi connectivity index (χ2n) is 7.70. The molecule has 1 N–H and O–H groups in total. The summed E-state index contributed by atoms with van der Waals surface area (Å²) in [7, 11) is 7.71. The molecule has 0 aliphatic carbocycles. The van der Waals surface area contributed by atoms with Gasteiger partial charge in [0, 0.05) is 24.8 Å². The Bertz CT molecular complexity index is 1190. The van der Waals surface area contributed by atoms with E-state index in [0.29, 0.717) is 52.2 Å². The first-order valence-corrected chi connectivity index (χ1v) is 11.0. The minimum absolute atomic E-state index is 0.0736. The molecule has 192 valence electrons. The van der Waals surface area contributed by atoms with E-state index in [1.54, 1.807) is 42.3 Å². The van der Waals surface area contributed by atoms with Gasteiger partial charge in [-0.1, -0.05) is 5.21 Å². The molecule has 1 saturated heterocycles. The standard InChI is InChI=1S/C24H28N4O8/c1-30-18-7-6-14(8-16(18)26-24(29)36-13-22-21(33-4)12-35-22)17-11-25-27-28(17)15-9-19(31-2)23(34-5)20(10-15)32-3/h6-11,21-22H,12-13H2,1-5H3,(H,26,29). The minimum Gasteiger partial charge on any atom is -0.495 e. The highest BCUT2D eigenvalue weighted by Crippen LogP contribution is 2.40. The first kappa shape index (κ1) is 25.1. The predicted octanol–water partition coefficient (Wildman–Crippen LogP) is 2.93. The average Bonchev–Trinajstić information content (AvgIpc) is 3.37. The van der Waals surface area contributed by atoms with E-state index < -0.39 is 6.09 Å². The van der Waals surface area contributed by atoms with Gasteiger partial charge in [0.2, 0.25) is 5.75 Å². The molecule has 1 aliphatic heterocycles. The van der Waals surface area contributed by atoms with Crippen LogP contribution >= 0.6 is 0 Å². The number of carbonyl (C=O) groups excluding carboxylic acids is 1. The molecule has 1 aromatic heterocycles. The summed E-state index contributed by atoms with van der Waals surface area (Å²) >= 11 is 0. The summed E-state index contributed by atoms with van der Waals surface area (Å²) in [5.41, 5.74) is 2.41. The fraction of sp³-hybridized carbons (Fsp3) is 0.375. The maximum atomic E-state index is 12.5. The smallest absolute Gasteiger partial charge is 0.411 e. The second kappa shape index (κ2) is 11.1. The third-order valence-corrected chi connectivity index (χ3v) is 5.75. The molecule has 4 rings (SSSR count). The monoisotopic (exact) mass is 500 g/mol. The van der Waals surface area contributed by atoms with Crippen LogP contribution in [0.2, 0.25) is 0 Å². The molecule has 0 saturated carbocycles. The van der Waals surface area contributed by atoms with Gasteiger partial charge in [0.15, 0.2) is 11.5 Å². The molecule has 2 heterocycles. The van der Waals surface area contributed by atoms with Crippen LogP contribution in [0, 0.1) is 0 Å². The van der Waals surface area contributed by atoms with Gasteiger partial charge in [-0.05, 0) is 18.2 Å². The lowest BCUT2D eigenvalue weighted by Gasteiger charge is -2.34. The van der Waals surface area contributed by atoms with E-state index >= 15 is 0 Å². The number of aromatic nitrogens is 3. The summed E-state index contributed by atoms with van der Waals surface area (Å²) < 4.78 is 39.2. The molecule has 3 aromatic rings. The molecule has 12 nitrogen and oxygen atoms in total. The molecule has 1 aliphatic rings. The Labute approximate surface area is 207 Å². The van der Waals surface area contributed by atoms with Crippen molar-refractivity contribution in [1.82, 2.24) is 15.0 Å². The van der Waals surface area contributed by atoms with Gasteiger partial charge in [-0.2, -0.15) is 0 Å². The van der Waals surface area contributed by atoms with Crippen LogP contribution in [0.3, 0.4) is 0 Å². The van der Waals surface area contributed by atoms with Crippen LogP contribution in [0.1, 0.15) is 0 Å². The Morgan fingerprint density at radius 1 is 1.03 bits per heavy atom. The lowest BCUT2D eigenvalue weighted by molar-refractivity contribution is -0.188. The molecule has 2 atom stereocenters. The zero-order valence-electron chi connectivity index (χ0n) is 20.6. The minimum atomic E-state index is -0.646. The highest BCUT2D eigenvalue weighted by Gasteiger charge is 2.33. The zero-order chi connectivity index (χ0) is 25.7. The van der Waals surface area contributed by atoms with E-state index in [-0.39, 0.29) is 18.8 Å². The quantitative estimate of drug-likeness (QED) is 0.444. The van der Waals surface area contributed by atoms with Crippen molar-refractivity contribution < 1.29 is 38.0 Å². The number of carbonyl (C=O) groups is 1. The number of amides is 1. The Morgan fingerprint density at radius 3 is 2.33 bits per heavy atom. The van der Waals surface area contributed by atoms with Crippen molar-refractivity contribution in [2.45, 2.75) is 12.2 Å². The van der Waals surface area contributed by atoms with E-state index in [1.165, 1.54) is 28.4 Å². The third-order valence-electron chi connectivity index (χ3n) is 5.75. The van der Waals surface area contributed by atoms with Gasteiger partial charge < -0.3 is 33.2 Å². The number of hydrogen-bond acceptors (Lipinski definition) is 10. The molecule has 2 unspecified atom stereocenters. The normalized spacial score (nSPS) is 16.6.